The third-order valence-corrected chi connectivity index (χ3v) is 17.6. The van der Waals surface area contributed by atoms with Gasteiger partial charge in [-0.2, -0.15) is 0 Å². The van der Waals surface area contributed by atoms with Gasteiger partial charge in [0.15, 0.2) is 0 Å². The normalized spacial score (nSPS) is 32.4. The molecule has 5 N–H and O–H groups in total. The monoisotopic (exact) mass is 897 g/mol. The first-order valence-electron chi connectivity index (χ1n) is 23.5. The van der Waals surface area contributed by atoms with Crippen molar-refractivity contribution in [3.8, 4) is 0 Å². The average Bonchev–Trinajstić information content (AvgIpc) is 3.14. The maximum Gasteiger partial charge on any atom is 0.312 e. The van der Waals surface area contributed by atoms with Crippen LogP contribution in [0.1, 0.15) is 170 Å². The average molecular weight is 898 g/mol. The number of carbonyl (C=O) groups excluding carboxylic acids is 2. The number of halogens is 2. The molecule has 0 heterocycles. The Kier molecular flexibility index (Phi) is 15.0. The summed E-state index contributed by atoms with van der Waals surface area (Å²) < 4.78 is 4.97. The molecule has 5 fully saturated rings. The third kappa shape index (κ3) is 10.4. The van der Waals surface area contributed by atoms with E-state index in [1.807, 2.05) is 6.07 Å². The molecule has 7 nitrogen and oxygen atoms in total. The molecule has 0 spiro atoms. The van der Waals surface area contributed by atoms with Gasteiger partial charge in [0.25, 0.3) is 0 Å². The molecule has 0 aromatic heterocycles. The van der Waals surface area contributed by atoms with E-state index in [1.54, 1.807) is 0 Å². The number of esters is 1. The van der Waals surface area contributed by atoms with E-state index in [0.29, 0.717) is 37.0 Å². The molecule has 6 unspecified atom stereocenters. The van der Waals surface area contributed by atoms with Crippen LogP contribution in [-0.2, 0) is 38.1 Å². The van der Waals surface area contributed by atoms with Gasteiger partial charge in [0.2, 0.25) is 5.91 Å². The van der Waals surface area contributed by atoms with Crippen LogP contribution in [0.3, 0.4) is 0 Å². The molecule has 2 aromatic carbocycles. The van der Waals surface area contributed by atoms with Crippen molar-refractivity contribution in [2.45, 2.75) is 177 Å². The van der Waals surface area contributed by atoms with Crippen LogP contribution in [0.15, 0.2) is 36.4 Å². The Bertz CT molecular complexity index is 1910. The molecule has 5 saturated carbocycles. The Hall–Kier alpha value is -2.16. The molecule has 0 saturated heterocycles. The third-order valence-electron chi connectivity index (χ3n) is 16.9. The minimum atomic E-state index is -0.504. The fourth-order valence-electron chi connectivity index (χ4n) is 11.7. The van der Waals surface area contributed by atoms with E-state index in [-0.39, 0.29) is 64.6 Å². The van der Waals surface area contributed by atoms with Crippen molar-refractivity contribution in [3.63, 3.8) is 0 Å². The second-order valence-electron chi connectivity index (χ2n) is 24.4. The number of carbonyl (C=O) groups is 2. The largest absolute Gasteiger partial charge is 0.469 e. The quantitative estimate of drug-likeness (QED) is 0.157. The van der Waals surface area contributed by atoms with Gasteiger partial charge in [0.05, 0.1) is 12.5 Å². The SMILES string of the molecule is CC1C(CO)C(N)(c2ccc(CCC(C)(C)C)c(Cl)c2)CCC1(C)C.COC(=O)C12CC(NC(=O)CC3(c4ccc(CCC(C)(C)C)c(Cl)c4)CCC(C)(C)C(C)C3CO)(C1)C2. The van der Waals surface area contributed by atoms with E-state index in [2.05, 4.69) is 119 Å². The number of aliphatic hydroxyl groups is 2. The lowest BCUT2D eigenvalue weighted by Crippen LogP contribution is -2.77. The van der Waals surface area contributed by atoms with E-state index >= 15 is 0 Å². The summed E-state index contributed by atoms with van der Waals surface area (Å²) in [6.07, 6.45) is 10.1. The second-order valence-corrected chi connectivity index (χ2v) is 25.2. The van der Waals surface area contributed by atoms with Gasteiger partial charge in [-0.05, 0) is 144 Å². The Balaban J connectivity index is 0.000000253. The first-order valence-corrected chi connectivity index (χ1v) is 24.3. The molecule has 7 rings (SSSR count). The molecule has 6 atom stereocenters. The lowest BCUT2D eigenvalue weighted by Gasteiger charge is -2.68. The van der Waals surface area contributed by atoms with Gasteiger partial charge in [-0.3, -0.25) is 9.59 Å². The van der Waals surface area contributed by atoms with Crippen molar-refractivity contribution in [2.75, 3.05) is 20.3 Å². The summed E-state index contributed by atoms with van der Waals surface area (Å²) >= 11 is 13.5. The highest BCUT2D eigenvalue weighted by Crippen LogP contribution is 2.68. The van der Waals surface area contributed by atoms with Gasteiger partial charge in [-0.25, -0.2) is 0 Å². The van der Waals surface area contributed by atoms with Crippen LogP contribution < -0.4 is 11.1 Å². The van der Waals surface area contributed by atoms with E-state index in [0.717, 1.165) is 78.1 Å². The van der Waals surface area contributed by atoms with Crippen molar-refractivity contribution in [2.24, 2.45) is 56.5 Å². The zero-order valence-corrected chi connectivity index (χ0v) is 42.1. The van der Waals surface area contributed by atoms with Crippen molar-refractivity contribution in [1.82, 2.24) is 5.32 Å². The molecule has 2 bridgehead atoms. The topological polar surface area (TPSA) is 122 Å². The number of benzene rings is 2. The lowest BCUT2D eigenvalue weighted by molar-refractivity contribution is -0.203. The number of nitrogens with two attached hydrogens (primary N) is 1. The molecule has 348 valence electrons. The Labute approximate surface area is 385 Å². The Morgan fingerprint density at radius 3 is 1.65 bits per heavy atom. The minimum absolute atomic E-state index is 0.00328. The van der Waals surface area contributed by atoms with Crippen molar-refractivity contribution >= 4 is 35.1 Å². The van der Waals surface area contributed by atoms with Crippen molar-refractivity contribution < 1.29 is 24.5 Å². The summed E-state index contributed by atoms with van der Waals surface area (Å²) in [7, 11) is 1.43. The fraction of sp³-hybridized carbons (Fsp3) is 0.736. The molecule has 0 radical (unpaired) electrons. The lowest BCUT2D eigenvalue weighted by atomic mass is 9.39. The molecule has 9 heteroatoms. The summed E-state index contributed by atoms with van der Waals surface area (Å²) in [5.41, 5.74) is 10.4. The second kappa shape index (κ2) is 18.3. The standard InChI is InChI=1S/C31H46ClNO4.C22H36ClNO/c1-20-23(16-34)31(13-12-28(20,5)6,22-9-8-21(24(32)14-22)10-11-27(2,3)4)15-25(35)33-30-17-29(18-30,19-30)26(36)37-7;1-15-18(14-25)22(24,12-11-21(15,5)6)17-8-7-16(19(23)13-17)9-10-20(2,3)4/h8-9,14,20,23,34H,10-13,15-19H2,1-7H3,(H,33,35);7-8,13,15,18,25H,9-12,14,24H2,1-6H3. The van der Waals surface area contributed by atoms with E-state index in [4.69, 9.17) is 33.7 Å². The van der Waals surface area contributed by atoms with Gasteiger partial charge in [-0.1, -0.05) is 131 Å². The summed E-state index contributed by atoms with van der Waals surface area (Å²) in [5.74, 6) is 0.411. The molecule has 5 aliphatic carbocycles. The number of methoxy groups -OCH3 is 1. The first-order chi connectivity index (χ1) is 28.5. The molecule has 0 aliphatic heterocycles. The Morgan fingerprint density at radius 1 is 0.742 bits per heavy atom. The van der Waals surface area contributed by atoms with Gasteiger partial charge in [0.1, 0.15) is 0 Å². The summed E-state index contributed by atoms with van der Waals surface area (Å²) in [6, 6.07) is 12.7. The predicted molar refractivity (Wildman–Crippen MR) is 255 cm³/mol. The number of aryl methyl sites for hydroxylation is 2. The van der Waals surface area contributed by atoms with Crippen molar-refractivity contribution in [3.05, 3.63) is 68.7 Å². The number of aliphatic hydroxyl groups excluding tert-OH is 2. The summed E-state index contributed by atoms with van der Waals surface area (Å²) in [6.45, 7) is 27.1. The maximum absolute atomic E-state index is 13.6. The zero-order chi connectivity index (χ0) is 46.5. The molecular formula is C53H82Cl2N2O5. The first kappa shape index (κ1) is 50.8. The molecule has 5 aliphatic rings. The summed E-state index contributed by atoms with van der Waals surface area (Å²) in [5, 5.41) is 25.6. The van der Waals surface area contributed by atoms with Crippen molar-refractivity contribution in [1.29, 1.82) is 0 Å². The molecule has 2 aromatic rings. The summed E-state index contributed by atoms with van der Waals surface area (Å²) in [4.78, 5) is 25.7. The van der Waals surface area contributed by atoms with Gasteiger partial charge >= 0.3 is 5.97 Å². The number of ether oxygens (including phenoxy) is 1. The number of hydrogen-bond acceptors (Lipinski definition) is 6. The van der Waals surface area contributed by atoms with Gasteiger partial charge < -0.3 is 26.0 Å². The highest BCUT2D eigenvalue weighted by Gasteiger charge is 2.73. The van der Waals surface area contributed by atoms with Crippen LogP contribution in [0.2, 0.25) is 10.0 Å². The number of hydrogen-bond donors (Lipinski definition) is 4. The van der Waals surface area contributed by atoms with Gasteiger partial charge in [0, 0.05) is 52.1 Å². The van der Waals surface area contributed by atoms with Crippen LogP contribution in [0.4, 0.5) is 0 Å². The molecule has 1 amide bonds. The van der Waals surface area contributed by atoms with Gasteiger partial charge in [-0.15, -0.1) is 0 Å². The van der Waals surface area contributed by atoms with Crippen LogP contribution >= 0.6 is 23.2 Å². The highest BCUT2D eigenvalue weighted by molar-refractivity contribution is 6.31. The fourth-order valence-corrected chi connectivity index (χ4v) is 12.3. The zero-order valence-electron chi connectivity index (χ0n) is 40.6. The smallest absolute Gasteiger partial charge is 0.312 e. The number of amides is 1. The van der Waals surface area contributed by atoms with Crippen LogP contribution in [0.25, 0.3) is 0 Å². The predicted octanol–water partition coefficient (Wildman–Crippen LogP) is 11.8. The maximum atomic E-state index is 13.6. The van der Waals surface area contributed by atoms with Crippen LogP contribution in [-0.4, -0.2) is 48.0 Å². The van der Waals surface area contributed by atoms with E-state index in [9.17, 15) is 19.8 Å². The number of nitrogens with one attached hydrogen (secondary N) is 1. The van der Waals surface area contributed by atoms with Crippen LogP contribution in [0, 0.1) is 50.7 Å². The Morgan fingerprint density at radius 2 is 1.19 bits per heavy atom. The number of rotatable bonds is 12. The highest BCUT2D eigenvalue weighted by atomic mass is 35.5. The van der Waals surface area contributed by atoms with Crippen LogP contribution in [0.5, 0.6) is 0 Å². The minimum Gasteiger partial charge on any atom is -0.469 e. The molecule has 62 heavy (non-hydrogen) atoms. The van der Waals surface area contributed by atoms with E-state index in [1.165, 1.54) is 12.7 Å². The molecular weight excluding hydrogens is 815 g/mol. The van der Waals surface area contributed by atoms with E-state index < -0.39 is 16.4 Å².